The van der Waals surface area contributed by atoms with Gasteiger partial charge in [0.2, 0.25) is 0 Å². The van der Waals surface area contributed by atoms with Gasteiger partial charge < -0.3 is 19.4 Å². The van der Waals surface area contributed by atoms with Gasteiger partial charge in [-0.1, -0.05) is 0 Å². The average Bonchev–Trinajstić information content (AvgIpc) is 2.92. The Morgan fingerprint density at radius 3 is 2.29 bits per heavy atom. The summed E-state index contributed by atoms with van der Waals surface area (Å²) in [7, 11) is 0. The molecule has 1 aromatic heterocycles. The van der Waals surface area contributed by atoms with Crippen molar-refractivity contribution in [2.24, 2.45) is 5.92 Å². The normalized spacial score (nSPS) is 16.5. The third-order valence-electron chi connectivity index (χ3n) is 6.43. The van der Waals surface area contributed by atoms with E-state index in [0.29, 0.717) is 57.7 Å². The van der Waals surface area contributed by atoms with Gasteiger partial charge in [-0.25, -0.2) is 4.98 Å². The molecule has 2 aromatic rings. The van der Waals surface area contributed by atoms with Crippen LogP contribution >= 0.6 is 0 Å². The number of benzene rings is 1. The van der Waals surface area contributed by atoms with Crippen molar-refractivity contribution in [2.45, 2.75) is 12.8 Å². The van der Waals surface area contributed by atoms with Gasteiger partial charge in [-0.15, -0.1) is 0 Å². The van der Waals surface area contributed by atoms with E-state index in [9.17, 15) is 19.7 Å². The molecule has 35 heavy (non-hydrogen) atoms. The van der Waals surface area contributed by atoms with Crippen LogP contribution in [0.4, 0.5) is 17.2 Å². The first-order chi connectivity index (χ1) is 16.9. The minimum atomic E-state index is -0.433. The summed E-state index contributed by atoms with van der Waals surface area (Å²) in [4.78, 5) is 45.5. The third-order valence-corrected chi connectivity index (χ3v) is 6.43. The molecule has 2 aliphatic heterocycles. The predicted molar refractivity (Wildman–Crippen MR) is 127 cm³/mol. The first-order valence-electron chi connectivity index (χ1n) is 11.5. The lowest BCUT2D eigenvalue weighted by atomic mass is 9.97. The molecule has 11 nitrogen and oxygen atoms in total. The smallest absolute Gasteiger partial charge is 0.309 e. The Morgan fingerprint density at radius 1 is 1.03 bits per heavy atom. The number of nitriles is 1. The molecule has 0 unspecified atom stereocenters. The number of hydrogen-bond donors (Lipinski definition) is 0. The quantitative estimate of drug-likeness (QED) is 0.347. The molecule has 0 spiro atoms. The molecule has 2 aliphatic rings. The summed E-state index contributed by atoms with van der Waals surface area (Å²) < 4.78 is 5.34. The highest BCUT2D eigenvalue weighted by Crippen LogP contribution is 2.23. The van der Waals surface area contributed by atoms with Gasteiger partial charge in [-0.3, -0.25) is 19.7 Å². The monoisotopic (exact) mass is 478 g/mol. The summed E-state index contributed by atoms with van der Waals surface area (Å²) >= 11 is 0. The second-order valence-electron chi connectivity index (χ2n) is 8.53. The highest BCUT2D eigenvalue weighted by molar-refractivity contribution is 5.81. The second-order valence-corrected chi connectivity index (χ2v) is 8.53. The number of nitro benzene ring substituents is 1. The molecule has 0 bridgehead atoms. The lowest BCUT2D eigenvalue weighted by molar-refractivity contribution is -0.384. The molecule has 1 amide bonds. The number of aromatic nitrogens is 1. The summed E-state index contributed by atoms with van der Waals surface area (Å²) in [5.41, 5.74) is 1.42. The molecule has 4 rings (SSSR count). The molecule has 0 saturated carbocycles. The number of hydrogen-bond acceptors (Lipinski definition) is 9. The Labute approximate surface area is 202 Å². The Hall–Kier alpha value is -4.20. The second kappa shape index (κ2) is 10.8. The van der Waals surface area contributed by atoms with E-state index in [0.717, 1.165) is 11.5 Å². The van der Waals surface area contributed by atoms with Gasteiger partial charge in [-0.2, -0.15) is 5.26 Å². The molecule has 182 valence electrons. The van der Waals surface area contributed by atoms with Crippen LogP contribution in [0.25, 0.3) is 0 Å². The topological polar surface area (TPSA) is 133 Å². The van der Waals surface area contributed by atoms with Crippen molar-refractivity contribution in [2.75, 3.05) is 55.7 Å². The Kier molecular flexibility index (Phi) is 7.40. The number of rotatable bonds is 6. The molecule has 1 aromatic carbocycles. The fraction of sp³-hybridized carbons (Fsp3) is 0.417. The molecule has 0 aliphatic carbocycles. The number of nitrogens with zero attached hydrogens (tertiary/aromatic N) is 6. The van der Waals surface area contributed by atoms with E-state index in [-0.39, 0.29) is 30.1 Å². The van der Waals surface area contributed by atoms with Gasteiger partial charge in [0.1, 0.15) is 11.9 Å². The Bertz CT molecular complexity index is 1100. The summed E-state index contributed by atoms with van der Waals surface area (Å²) in [6.07, 6.45) is 2.76. The first kappa shape index (κ1) is 23.9. The van der Waals surface area contributed by atoms with Crippen molar-refractivity contribution < 1.29 is 19.2 Å². The van der Waals surface area contributed by atoms with E-state index in [1.54, 1.807) is 29.2 Å². The van der Waals surface area contributed by atoms with Gasteiger partial charge in [0.05, 0.1) is 16.4 Å². The largest absolute Gasteiger partial charge is 0.455 e. The molecular weight excluding hydrogens is 452 g/mol. The highest BCUT2D eigenvalue weighted by Gasteiger charge is 2.28. The number of non-ortho nitro benzene ring substituents is 1. The van der Waals surface area contributed by atoms with E-state index < -0.39 is 4.92 Å². The molecule has 0 N–H and O–H groups in total. The Morgan fingerprint density at radius 2 is 1.71 bits per heavy atom. The number of nitro groups is 1. The van der Waals surface area contributed by atoms with Crippen LogP contribution in [0.5, 0.6) is 0 Å². The summed E-state index contributed by atoms with van der Waals surface area (Å²) in [5.74, 6) is -0.0495. The minimum Gasteiger partial charge on any atom is -0.455 e. The predicted octanol–water partition coefficient (Wildman–Crippen LogP) is 1.97. The van der Waals surface area contributed by atoms with Crippen molar-refractivity contribution in [1.29, 1.82) is 5.26 Å². The van der Waals surface area contributed by atoms with Crippen molar-refractivity contribution in [1.82, 2.24) is 9.88 Å². The number of piperazine rings is 1. The van der Waals surface area contributed by atoms with Gasteiger partial charge in [0.25, 0.3) is 11.6 Å². The Balaban J connectivity index is 1.18. The number of piperidine rings is 1. The lowest BCUT2D eigenvalue weighted by Crippen LogP contribution is -2.50. The maximum atomic E-state index is 12.6. The van der Waals surface area contributed by atoms with Gasteiger partial charge in [-0.05, 0) is 37.1 Å². The number of ether oxygens (including phenoxy) is 1. The molecule has 0 radical (unpaired) electrons. The van der Waals surface area contributed by atoms with E-state index in [1.165, 1.54) is 18.3 Å². The fourth-order valence-corrected chi connectivity index (χ4v) is 4.32. The van der Waals surface area contributed by atoms with Crippen LogP contribution in [-0.4, -0.2) is 72.6 Å². The van der Waals surface area contributed by atoms with Crippen LogP contribution in [0.3, 0.4) is 0 Å². The molecule has 2 saturated heterocycles. The van der Waals surface area contributed by atoms with Crippen molar-refractivity contribution in [3.8, 4) is 6.07 Å². The lowest BCUT2D eigenvalue weighted by Gasteiger charge is -2.36. The van der Waals surface area contributed by atoms with Crippen molar-refractivity contribution in [3.63, 3.8) is 0 Å². The zero-order valence-corrected chi connectivity index (χ0v) is 19.2. The average molecular weight is 479 g/mol. The van der Waals surface area contributed by atoms with E-state index in [4.69, 9.17) is 10.00 Å². The van der Waals surface area contributed by atoms with E-state index in [1.807, 2.05) is 6.07 Å². The van der Waals surface area contributed by atoms with Crippen LogP contribution in [0.2, 0.25) is 0 Å². The third kappa shape index (κ3) is 5.84. The zero-order chi connectivity index (χ0) is 24.8. The zero-order valence-electron chi connectivity index (χ0n) is 19.2. The van der Waals surface area contributed by atoms with Crippen molar-refractivity contribution >= 4 is 29.1 Å². The van der Waals surface area contributed by atoms with Crippen LogP contribution in [0, 0.1) is 27.4 Å². The number of esters is 1. The number of pyridine rings is 1. The van der Waals surface area contributed by atoms with Gasteiger partial charge >= 0.3 is 5.97 Å². The van der Waals surface area contributed by atoms with Gasteiger partial charge in [0.15, 0.2) is 6.61 Å². The van der Waals surface area contributed by atoms with Crippen LogP contribution in [-0.2, 0) is 14.3 Å². The fourth-order valence-electron chi connectivity index (χ4n) is 4.32. The van der Waals surface area contributed by atoms with Crippen LogP contribution in [0.15, 0.2) is 42.6 Å². The molecule has 3 heterocycles. The standard InChI is InChI=1S/C24H26N6O5/c25-15-18-1-6-22(26-16-18)28-9-7-19(8-10-28)24(32)35-17-23(31)29-13-11-27(12-14-29)20-2-4-21(5-3-20)30(33)34/h1-6,16,19H,7-14,17H2. The molecular formula is C24H26N6O5. The first-order valence-corrected chi connectivity index (χ1v) is 11.5. The van der Waals surface area contributed by atoms with Crippen LogP contribution in [0.1, 0.15) is 18.4 Å². The van der Waals surface area contributed by atoms with Gasteiger partial charge in [0, 0.05) is 63.3 Å². The summed E-state index contributed by atoms with van der Waals surface area (Å²) in [6, 6.07) is 11.9. The summed E-state index contributed by atoms with van der Waals surface area (Å²) in [6.45, 7) is 3.20. The summed E-state index contributed by atoms with van der Waals surface area (Å²) in [5, 5.41) is 19.7. The number of carbonyl (C=O) groups is 2. The highest BCUT2D eigenvalue weighted by atomic mass is 16.6. The molecule has 0 atom stereocenters. The van der Waals surface area contributed by atoms with E-state index >= 15 is 0 Å². The SMILES string of the molecule is N#Cc1ccc(N2CCC(C(=O)OCC(=O)N3CCN(c4ccc([N+](=O)[O-])cc4)CC3)CC2)nc1. The van der Waals surface area contributed by atoms with Crippen molar-refractivity contribution in [3.05, 3.63) is 58.3 Å². The van der Waals surface area contributed by atoms with Crippen LogP contribution < -0.4 is 9.80 Å². The minimum absolute atomic E-state index is 0.0426. The number of carbonyl (C=O) groups excluding carboxylic acids is 2. The molecule has 11 heteroatoms. The maximum Gasteiger partial charge on any atom is 0.309 e. The van der Waals surface area contributed by atoms with E-state index in [2.05, 4.69) is 14.8 Å². The number of anilines is 2. The molecule has 2 fully saturated rings. The number of amides is 1. The maximum absolute atomic E-state index is 12.6.